The first-order valence-corrected chi connectivity index (χ1v) is 6.62. The Balaban J connectivity index is 2.09. The van der Waals surface area contributed by atoms with Crippen molar-refractivity contribution in [2.24, 2.45) is 5.10 Å². The van der Waals surface area contributed by atoms with Crippen LogP contribution in [0.2, 0.25) is 0 Å². The van der Waals surface area contributed by atoms with Gasteiger partial charge in [0.25, 0.3) is 5.72 Å². The third-order valence-electron chi connectivity index (χ3n) is 3.42. The molecule has 1 atom stereocenters. The predicted octanol–water partition coefficient (Wildman–Crippen LogP) is 2.07. The van der Waals surface area contributed by atoms with Crippen LogP contribution in [0.25, 0.3) is 0 Å². The maximum Gasteiger partial charge on any atom is 0.438 e. The van der Waals surface area contributed by atoms with Gasteiger partial charge >= 0.3 is 12.4 Å². The molecular formula is C12H12F6N4O2. The Morgan fingerprint density at radius 1 is 1.33 bits per heavy atom. The maximum atomic E-state index is 12.9. The van der Waals surface area contributed by atoms with Crippen LogP contribution in [0.5, 0.6) is 0 Å². The molecular weight excluding hydrogens is 346 g/mol. The average molecular weight is 358 g/mol. The third kappa shape index (κ3) is 3.23. The fraction of sp³-hybridized carbons (Fsp3) is 0.583. The van der Waals surface area contributed by atoms with Crippen LogP contribution in [0, 0.1) is 6.92 Å². The summed E-state index contributed by atoms with van der Waals surface area (Å²) in [6, 6.07) is 0.755. The average Bonchev–Trinajstić information content (AvgIpc) is 2.99. The zero-order valence-corrected chi connectivity index (χ0v) is 12.2. The lowest BCUT2D eigenvalue weighted by atomic mass is 10.1. The largest absolute Gasteiger partial charge is 0.438 e. The molecule has 0 unspecified atom stereocenters. The van der Waals surface area contributed by atoms with Crippen molar-refractivity contribution < 1.29 is 36.2 Å². The predicted molar refractivity (Wildman–Crippen MR) is 67.5 cm³/mol. The van der Waals surface area contributed by atoms with Crippen molar-refractivity contribution in [1.82, 2.24) is 14.8 Å². The van der Waals surface area contributed by atoms with Crippen LogP contribution in [0.4, 0.5) is 26.3 Å². The highest BCUT2D eigenvalue weighted by molar-refractivity contribution is 5.80. The fourth-order valence-electron chi connectivity index (χ4n) is 2.12. The van der Waals surface area contributed by atoms with Crippen LogP contribution in [0.1, 0.15) is 24.2 Å². The molecule has 134 valence electrons. The second kappa shape index (κ2) is 5.76. The number of halogens is 6. The number of carbonyl (C=O) groups excluding carboxylic acids is 1. The van der Waals surface area contributed by atoms with Crippen molar-refractivity contribution in [3.05, 3.63) is 17.5 Å². The first kappa shape index (κ1) is 18.2. The van der Waals surface area contributed by atoms with E-state index in [1.54, 1.807) is 0 Å². The summed E-state index contributed by atoms with van der Waals surface area (Å²) >= 11 is 0. The number of aryl methyl sites for hydroxylation is 2. The molecule has 6 nitrogen and oxygen atoms in total. The normalized spacial score (nSPS) is 21.6. The summed E-state index contributed by atoms with van der Waals surface area (Å²) in [4.78, 5) is 11.9. The van der Waals surface area contributed by atoms with E-state index in [2.05, 4.69) is 10.2 Å². The maximum absolute atomic E-state index is 12.9. The van der Waals surface area contributed by atoms with Gasteiger partial charge in [-0.05, 0) is 13.0 Å². The van der Waals surface area contributed by atoms with E-state index in [1.807, 2.05) is 0 Å². The molecule has 0 fully saturated rings. The number of hydrogen-bond acceptors (Lipinski definition) is 4. The fourth-order valence-corrected chi connectivity index (χ4v) is 2.12. The van der Waals surface area contributed by atoms with Crippen LogP contribution in [-0.2, 0) is 17.5 Å². The van der Waals surface area contributed by atoms with E-state index in [1.165, 1.54) is 6.92 Å². The Morgan fingerprint density at radius 2 is 1.96 bits per heavy atom. The second-order valence-corrected chi connectivity index (χ2v) is 5.16. The lowest BCUT2D eigenvalue weighted by molar-refractivity contribution is -0.302. The van der Waals surface area contributed by atoms with Gasteiger partial charge in [-0.2, -0.15) is 41.6 Å². The van der Waals surface area contributed by atoms with Crippen LogP contribution in [0.15, 0.2) is 11.2 Å². The number of alkyl halides is 6. The molecule has 1 aliphatic rings. The summed E-state index contributed by atoms with van der Waals surface area (Å²) in [6.07, 6.45) is -10.6. The Labute approximate surface area is 131 Å². The van der Waals surface area contributed by atoms with Crippen molar-refractivity contribution in [2.45, 2.75) is 44.4 Å². The molecule has 0 radical (unpaired) electrons. The minimum absolute atomic E-state index is 0.0890. The van der Waals surface area contributed by atoms with Crippen LogP contribution in [0.3, 0.4) is 0 Å². The Kier molecular flexibility index (Phi) is 4.37. The summed E-state index contributed by atoms with van der Waals surface area (Å²) in [5, 5.41) is 16.0. The number of nitrogens with zero attached hydrogens (tertiary/aromatic N) is 4. The number of amides is 1. The van der Waals surface area contributed by atoms with Gasteiger partial charge in [-0.3, -0.25) is 9.48 Å². The van der Waals surface area contributed by atoms with Crippen LogP contribution in [-0.4, -0.2) is 43.9 Å². The van der Waals surface area contributed by atoms with E-state index in [0.717, 1.165) is 17.0 Å². The molecule has 0 aliphatic carbocycles. The minimum atomic E-state index is -5.12. The van der Waals surface area contributed by atoms with E-state index in [9.17, 15) is 36.2 Å². The number of rotatable bonds is 3. The molecule has 2 rings (SSSR count). The smallest absolute Gasteiger partial charge is 0.362 e. The molecule has 0 saturated heterocycles. The van der Waals surface area contributed by atoms with Gasteiger partial charge in [0.2, 0.25) is 5.91 Å². The molecule has 1 aromatic heterocycles. The molecule has 0 bridgehead atoms. The van der Waals surface area contributed by atoms with Gasteiger partial charge in [-0.25, -0.2) is 0 Å². The van der Waals surface area contributed by atoms with Crippen LogP contribution < -0.4 is 0 Å². The summed E-state index contributed by atoms with van der Waals surface area (Å²) in [5.74, 6) is -1.19. The molecule has 0 saturated carbocycles. The van der Waals surface area contributed by atoms with Crippen molar-refractivity contribution in [1.29, 1.82) is 0 Å². The highest BCUT2D eigenvalue weighted by atomic mass is 19.4. The number of hydrazone groups is 1. The van der Waals surface area contributed by atoms with E-state index < -0.39 is 42.5 Å². The second-order valence-electron chi connectivity index (χ2n) is 5.16. The number of aliphatic hydroxyl groups is 1. The first-order chi connectivity index (χ1) is 10.9. The van der Waals surface area contributed by atoms with Gasteiger partial charge in [-0.15, -0.1) is 0 Å². The molecule has 24 heavy (non-hydrogen) atoms. The Morgan fingerprint density at radius 3 is 2.46 bits per heavy atom. The Hall–Kier alpha value is -2.11. The zero-order chi connectivity index (χ0) is 18.3. The van der Waals surface area contributed by atoms with Crippen molar-refractivity contribution in [3.63, 3.8) is 0 Å². The van der Waals surface area contributed by atoms with Gasteiger partial charge in [-0.1, -0.05) is 0 Å². The van der Waals surface area contributed by atoms with Gasteiger partial charge in [0.15, 0.2) is 5.69 Å². The monoisotopic (exact) mass is 358 g/mol. The number of hydrogen-bond donors (Lipinski definition) is 1. The lowest BCUT2D eigenvalue weighted by Gasteiger charge is -2.32. The van der Waals surface area contributed by atoms with E-state index in [4.69, 9.17) is 0 Å². The first-order valence-electron chi connectivity index (χ1n) is 6.62. The standard InChI is InChI=1S/C12H12F6N4O2/c1-7-6-8(11(13,14)15)20-21(7)5-2-9(23)22-10(24,3-4-19-22)12(16,17)18/h4,6,24H,2-3,5H2,1H3/t10-/m1/s1. The molecule has 12 heteroatoms. The number of aromatic nitrogens is 2. The molecule has 0 spiro atoms. The highest BCUT2D eigenvalue weighted by Crippen LogP contribution is 2.38. The third-order valence-corrected chi connectivity index (χ3v) is 3.42. The van der Waals surface area contributed by atoms with Crippen LogP contribution >= 0.6 is 0 Å². The Bertz CT molecular complexity index is 665. The highest BCUT2D eigenvalue weighted by Gasteiger charge is 2.61. The minimum Gasteiger partial charge on any atom is -0.362 e. The van der Waals surface area contributed by atoms with Gasteiger partial charge in [0.1, 0.15) is 0 Å². The van der Waals surface area contributed by atoms with Gasteiger partial charge in [0.05, 0.1) is 6.54 Å². The van der Waals surface area contributed by atoms with Crippen molar-refractivity contribution in [2.75, 3.05) is 0 Å². The van der Waals surface area contributed by atoms with Crippen molar-refractivity contribution in [3.8, 4) is 0 Å². The number of carbonyl (C=O) groups is 1. The lowest BCUT2D eigenvalue weighted by Crippen LogP contribution is -2.56. The molecule has 2 heterocycles. The van der Waals surface area contributed by atoms with Gasteiger partial charge in [0, 0.05) is 24.8 Å². The molecule has 1 aromatic rings. The summed E-state index contributed by atoms with van der Waals surface area (Å²) in [6.45, 7) is 0.924. The zero-order valence-electron chi connectivity index (χ0n) is 12.2. The SMILES string of the molecule is Cc1cc(C(F)(F)F)nn1CCC(=O)N1N=CC[C@@]1(O)C(F)(F)F. The molecule has 1 amide bonds. The molecule has 0 aromatic carbocycles. The molecule has 1 aliphatic heterocycles. The topological polar surface area (TPSA) is 70.7 Å². The summed E-state index contributed by atoms with van der Waals surface area (Å²) in [5.41, 5.74) is -4.52. The molecule has 1 N–H and O–H groups in total. The van der Waals surface area contributed by atoms with Crippen molar-refractivity contribution >= 4 is 12.1 Å². The van der Waals surface area contributed by atoms with E-state index >= 15 is 0 Å². The van der Waals surface area contributed by atoms with E-state index in [-0.39, 0.29) is 17.2 Å². The van der Waals surface area contributed by atoms with Gasteiger partial charge < -0.3 is 5.11 Å². The van der Waals surface area contributed by atoms with E-state index in [0.29, 0.717) is 0 Å². The quantitative estimate of drug-likeness (QED) is 0.841. The summed E-state index contributed by atoms with van der Waals surface area (Å²) < 4.78 is 77.0. The summed E-state index contributed by atoms with van der Waals surface area (Å²) in [7, 11) is 0.